The zero-order valence-electron chi connectivity index (χ0n) is 11.0. The quantitative estimate of drug-likeness (QED) is 0.178. The lowest BCUT2D eigenvalue weighted by atomic mass is 10.1. The second kappa shape index (κ2) is 7.79. The number of halogens is 4. The van der Waals surface area contributed by atoms with Gasteiger partial charge in [0.1, 0.15) is 12.4 Å². The Morgan fingerprint density at radius 3 is 2.71 bits per heavy atom. The first-order valence-electron chi connectivity index (χ1n) is 5.95. The molecule has 0 aliphatic heterocycles. The number of nitrogens with zero attached hydrogens (tertiary/aromatic N) is 1. The van der Waals surface area contributed by atoms with Gasteiger partial charge in [-0.2, -0.15) is 13.2 Å². The van der Waals surface area contributed by atoms with Gasteiger partial charge in [0.15, 0.2) is 5.84 Å². The summed E-state index contributed by atoms with van der Waals surface area (Å²) in [5.74, 6) is -1.01. The first-order valence-corrected chi connectivity index (χ1v) is 5.95. The highest BCUT2D eigenvalue weighted by molar-refractivity contribution is 5.97. The Hall–Kier alpha value is -1.87. The summed E-state index contributed by atoms with van der Waals surface area (Å²) in [7, 11) is 0. The monoisotopic (exact) mass is 309 g/mol. The van der Waals surface area contributed by atoms with Gasteiger partial charge in [0.2, 0.25) is 0 Å². The van der Waals surface area contributed by atoms with Gasteiger partial charge in [-0.15, -0.1) is 0 Å². The molecule has 0 bridgehead atoms. The summed E-state index contributed by atoms with van der Waals surface area (Å²) in [5.41, 5.74) is 5.51. The van der Waals surface area contributed by atoms with Crippen LogP contribution in [0.15, 0.2) is 23.4 Å². The molecule has 21 heavy (non-hydrogen) atoms. The van der Waals surface area contributed by atoms with E-state index < -0.39 is 18.6 Å². The second-order valence-corrected chi connectivity index (χ2v) is 4.11. The molecular formula is C12H15F4N3O2. The van der Waals surface area contributed by atoms with E-state index in [0.29, 0.717) is 0 Å². The van der Waals surface area contributed by atoms with E-state index in [1.165, 1.54) is 18.2 Å². The smallest absolute Gasteiger partial charge is 0.409 e. The van der Waals surface area contributed by atoms with Gasteiger partial charge in [0.05, 0.1) is 12.2 Å². The van der Waals surface area contributed by atoms with Crippen molar-refractivity contribution in [2.24, 2.45) is 10.9 Å². The zero-order chi connectivity index (χ0) is 15.9. The summed E-state index contributed by atoms with van der Waals surface area (Å²) in [6, 6.07) is 4.35. The van der Waals surface area contributed by atoms with Gasteiger partial charge in [-0.1, -0.05) is 17.3 Å². The van der Waals surface area contributed by atoms with Crippen LogP contribution in [0.2, 0.25) is 0 Å². The Morgan fingerprint density at radius 2 is 2.10 bits per heavy atom. The molecule has 0 atom stereocenters. The molecule has 0 amide bonds. The van der Waals surface area contributed by atoms with Gasteiger partial charge in [0.25, 0.3) is 0 Å². The lowest BCUT2D eigenvalue weighted by Gasteiger charge is -2.10. The fourth-order valence-electron chi connectivity index (χ4n) is 1.52. The predicted octanol–water partition coefficient (Wildman–Crippen LogP) is 1.59. The van der Waals surface area contributed by atoms with Gasteiger partial charge < -0.3 is 21.0 Å². The van der Waals surface area contributed by atoms with Crippen LogP contribution in [0.1, 0.15) is 11.1 Å². The fraction of sp³-hybridized carbons (Fsp3) is 0.417. The number of hydrogen-bond donors (Lipinski definition) is 3. The summed E-state index contributed by atoms with van der Waals surface area (Å²) >= 11 is 0. The molecule has 0 spiro atoms. The molecule has 118 valence electrons. The highest BCUT2D eigenvalue weighted by atomic mass is 19.4. The highest BCUT2D eigenvalue weighted by Gasteiger charge is 2.27. The lowest BCUT2D eigenvalue weighted by molar-refractivity contribution is -0.173. The normalized spacial score (nSPS) is 12.7. The molecule has 0 unspecified atom stereocenters. The van der Waals surface area contributed by atoms with Crippen molar-refractivity contribution in [2.45, 2.75) is 12.7 Å². The van der Waals surface area contributed by atoms with Crippen LogP contribution in [0.5, 0.6) is 0 Å². The minimum Gasteiger partial charge on any atom is -0.409 e. The van der Waals surface area contributed by atoms with Gasteiger partial charge in [-0.25, -0.2) is 4.39 Å². The third kappa shape index (κ3) is 5.96. The van der Waals surface area contributed by atoms with Crippen molar-refractivity contribution in [1.29, 1.82) is 0 Å². The van der Waals surface area contributed by atoms with E-state index in [1.54, 1.807) is 0 Å². The molecule has 0 aromatic heterocycles. The first kappa shape index (κ1) is 17.2. The SMILES string of the molecule is N/C(=N/O)c1cccc(CNCCOCC(F)(F)F)c1F. The molecule has 1 aromatic carbocycles. The minimum absolute atomic E-state index is 0.0508. The van der Waals surface area contributed by atoms with E-state index >= 15 is 0 Å². The Balaban J connectivity index is 2.43. The molecule has 0 aliphatic carbocycles. The van der Waals surface area contributed by atoms with Crippen LogP contribution < -0.4 is 11.1 Å². The number of nitrogens with one attached hydrogen (secondary N) is 1. The van der Waals surface area contributed by atoms with Crippen LogP contribution >= 0.6 is 0 Å². The second-order valence-electron chi connectivity index (χ2n) is 4.11. The van der Waals surface area contributed by atoms with Crippen LogP contribution in [0.4, 0.5) is 17.6 Å². The molecule has 4 N–H and O–H groups in total. The molecule has 0 saturated carbocycles. The largest absolute Gasteiger partial charge is 0.411 e. The number of hydrogen-bond acceptors (Lipinski definition) is 4. The molecule has 9 heteroatoms. The summed E-state index contributed by atoms with van der Waals surface area (Å²) in [6.45, 7) is -1.26. The number of rotatable bonds is 7. The van der Waals surface area contributed by atoms with E-state index in [-0.39, 0.29) is 36.7 Å². The summed E-state index contributed by atoms with van der Waals surface area (Å²) in [5, 5.41) is 14.0. The van der Waals surface area contributed by atoms with Crippen molar-refractivity contribution in [3.8, 4) is 0 Å². The molecule has 0 heterocycles. The number of amidine groups is 1. The lowest BCUT2D eigenvalue weighted by Crippen LogP contribution is -2.24. The van der Waals surface area contributed by atoms with Crippen molar-refractivity contribution in [3.63, 3.8) is 0 Å². The Morgan fingerprint density at radius 1 is 1.38 bits per heavy atom. The van der Waals surface area contributed by atoms with E-state index in [1.807, 2.05) is 0 Å². The van der Waals surface area contributed by atoms with Gasteiger partial charge in [-0.3, -0.25) is 0 Å². The van der Waals surface area contributed by atoms with Crippen molar-refractivity contribution >= 4 is 5.84 Å². The van der Waals surface area contributed by atoms with E-state index in [2.05, 4.69) is 15.2 Å². The molecule has 0 radical (unpaired) electrons. The minimum atomic E-state index is -4.36. The molecule has 1 aromatic rings. The van der Waals surface area contributed by atoms with Crippen molar-refractivity contribution < 1.29 is 27.5 Å². The highest BCUT2D eigenvalue weighted by Crippen LogP contribution is 2.14. The standard InChI is InChI=1S/C12H15F4N3O2/c13-10-8(2-1-3-9(10)11(17)19-20)6-18-4-5-21-7-12(14,15)16/h1-3,18,20H,4-7H2,(H2,17,19). The van der Waals surface area contributed by atoms with Gasteiger partial charge >= 0.3 is 6.18 Å². The molecule has 5 nitrogen and oxygen atoms in total. The van der Waals surface area contributed by atoms with Crippen LogP contribution in [-0.2, 0) is 11.3 Å². The van der Waals surface area contributed by atoms with Gasteiger partial charge in [-0.05, 0) is 6.07 Å². The van der Waals surface area contributed by atoms with E-state index in [0.717, 1.165) is 0 Å². The zero-order valence-corrected chi connectivity index (χ0v) is 11.0. The number of ether oxygens (including phenoxy) is 1. The van der Waals surface area contributed by atoms with Crippen molar-refractivity contribution in [3.05, 3.63) is 35.1 Å². The number of nitrogens with two attached hydrogens (primary N) is 1. The maximum Gasteiger partial charge on any atom is 0.411 e. The van der Waals surface area contributed by atoms with Crippen LogP contribution in [0, 0.1) is 5.82 Å². The molecule has 0 fully saturated rings. The predicted molar refractivity (Wildman–Crippen MR) is 67.5 cm³/mol. The Bertz CT molecular complexity index is 492. The first-order chi connectivity index (χ1) is 9.85. The van der Waals surface area contributed by atoms with Crippen LogP contribution in [0.25, 0.3) is 0 Å². The molecule has 1 rings (SSSR count). The molecular weight excluding hydrogens is 294 g/mol. The third-order valence-corrected chi connectivity index (χ3v) is 2.47. The van der Waals surface area contributed by atoms with Crippen molar-refractivity contribution in [1.82, 2.24) is 5.32 Å². The maximum absolute atomic E-state index is 13.9. The summed E-state index contributed by atoms with van der Waals surface area (Å²) in [4.78, 5) is 0. The third-order valence-electron chi connectivity index (χ3n) is 2.47. The van der Waals surface area contributed by atoms with E-state index in [9.17, 15) is 17.6 Å². The average Bonchev–Trinajstić information content (AvgIpc) is 2.42. The number of benzene rings is 1. The van der Waals surface area contributed by atoms with E-state index in [4.69, 9.17) is 10.9 Å². The topological polar surface area (TPSA) is 79.9 Å². The molecule has 0 aliphatic rings. The molecule has 0 saturated heterocycles. The van der Waals surface area contributed by atoms with Crippen LogP contribution in [0.3, 0.4) is 0 Å². The Labute approximate surface area is 118 Å². The Kier molecular flexibility index (Phi) is 6.38. The van der Waals surface area contributed by atoms with Gasteiger partial charge in [0, 0.05) is 18.7 Å². The fourth-order valence-corrected chi connectivity index (χ4v) is 1.52. The van der Waals surface area contributed by atoms with Crippen molar-refractivity contribution in [2.75, 3.05) is 19.8 Å². The summed E-state index contributed by atoms with van der Waals surface area (Å²) < 4.78 is 53.7. The number of alkyl halides is 3. The number of oxime groups is 1. The summed E-state index contributed by atoms with van der Waals surface area (Å²) in [6.07, 6.45) is -4.36. The maximum atomic E-state index is 13.9. The average molecular weight is 309 g/mol. The van der Waals surface area contributed by atoms with Crippen LogP contribution in [-0.4, -0.2) is 37.0 Å².